The van der Waals surface area contributed by atoms with Crippen LogP contribution >= 0.6 is 0 Å². The van der Waals surface area contributed by atoms with Crippen LogP contribution in [0.2, 0.25) is 0 Å². The van der Waals surface area contributed by atoms with Gasteiger partial charge in [0.25, 0.3) is 0 Å². The van der Waals surface area contributed by atoms with E-state index in [0.717, 1.165) is 0 Å². The van der Waals surface area contributed by atoms with E-state index in [0.29, 0.717) is 5.56 Å². The van der Waals surface area contributed by atoms with Crippen LogP contribution in [0.25, 0.3) is 0 Å². The van der Waals surface area contributed by atoms with E-state index in [1.54, 1.807) is 66.7 Å². The van der Waals surface area contributed by atoms with Gasteiger partial charge in [0.15, 0.2) is 15.6 Å². The van der Waals surface area contributed by atoms with Crippen molar-refractivity contribution in [3.63, 3.8) is 0 Å². The molecule has 3 aromatic rings. The van der Waals surface area contributed by atoms with Gasteiger partial charge in [-0.2, -0.15) is 0 Å². The first-order valence-corrected chi connectivity index (χ1v) is 12.8. The normalized spacial score (nSPS) is 12.5. The summed E-state index contributed by atoms with van der Waals surface area (Å²) in [6, 6.07) is 24.1. The summed E-state index contributed by atoms with van der Waals surface area (Å²) in [4.78, 5) is 12.2. The van der Waals surface area contributed by atoms with E-state index in [2.05, 4.69) is 0 Å². The second kappa shape index (κ2) is 9.85. The Balaban J connectivity index is 1.91. The van der Waals surface area contributed by atoms with Crippen molar-refractivity contribution in [2.75, 3.05) is 5.75 Å². The van der Waals surface area contributed by atoms with Gasteiger partial charge in [0.05, 0.1) is 20.4 Å². The van der Waals surface area contributed by atoms with Gasteiger partial charge in [-0.3, -0.25) is 4.79 Å². The predicted octanol–water partition coefficient (Wildman–Crippen LogP) is 4.48. The van der Waals surface area contributed by atoms with Crippen molar-refractivity contribution in [2.45, 2.75) is 22.6 Å². The molecule has 0 bridgehead atoms. The minimum absolute atomic E-state index is 0.0129. The maximum atomic E-state index is 13.2. The Bertz CT molecular complexity index is 1260. The van der Waals surface area contributed by atoms with Gasteiger partial charge in [0.1, 0.15) is 0 Å². The second-order valence-electron chi connectivity index (χ2n) is 6.89. The molecule has 160 valence electrons. The average Bonchev–Trinajstić information content (AvgIpc) is 2.80. The first-order valence-electron chi connectivity index (χ1n) is 9.66. The molecule has 31 heavy (non-hydrogen) atoms. The number of hydrogen-bond acceptors (Lipinski definition) is 5. The van der Waals surface area contributed by atoms with E-state index in [4.69, 9.17) is 0 Å². The van der Waals surface area contributed by atoms with Gasteiger partial charge >= 0.3 is 0 Å². The highest BCUT2D eigenvalue weighted by Crippen LogP contribution is 2.24. The van der Waals surface area contributed by atoms with Crippen molar-refractivity contribution in [3.8, 4) is 0 Å². The molecule has 0 heterocycles. The molecule has 0 aromatic heterocycles. The van der Waals surface area contributed by atoms with Crippen molar-refractivity contribution < 1.29 is 21.6 Å². The quantitative estimate of drug-likeness (QED) is 0.445. The molecule has 0 spiro atoms. The molecule has 0 aliphatic heterocycles. The Kier molecular flexibility index (Phi) is 7.20. The Morgan fingerprint density at radius 3 is 1.71 bits per heavy atom. The van der Waals surface area contributed by atoms with Crippen molar-refractivity contribution in [1.82, 2.24) is 0 Å². The highest BCUT2D eigenvalue weighted by atomic mass is 32.2. The maximum Gasteiger partial charge on any atom is 0.203 e. The van der Waals surface area contributed by atoms with Gasteiger partial charge in [0.2, 0.25) is 9.84 Å². The van der Waals surface area contributed by atoms with E-state index < -0.39 is 25.4 Å². The predicted molar refractivity (Wildman–Crippen MR) is 120 cm³/mol. The molecule has 0 N–H and O–H groups in total. The molecule has 0 saturated heterocycles. The van der Waals surface area contributed by atoms with Crippen molar-refractivity contribution in [1.29, 1.82) is 0 Å². The van der Waals surface area contributed by atoms with E-state index in [1.165, 1.54) is 30.3 Å². The van der Waals surface area contributed by atoms with E-state index in [1.807, 2.05) is 0 Å². The fourth-order valence-electron chi connectivity index (χ4n) is 3.03. The topological polar surface area (TPSA) is 85.3 Å². The van der Waals surface area contributed by atoms with Crippen molar-refractivity contribution in [2.24, 2.45) is 0 Å². The van der Waals surface area contributed by atoms with Crippen LogP contribution in [0.5, 0.6) is 0 Å². The lowest BCUT2D eigenvalue weighted by molar-refractivity contribution is 0.0983. The smallest absolute Gasteiger partial charge is 0.203 e. The van der Waals surface area contributed by atoms with Crippen molar-refractivity contribution in [3.05, 3.63) is 108 Å². The number of carbonyl (C=O) groups is 1. The van der Waals surface area contributed by atoms with Gasteiger partial charge in [-0.15, -0.1) is 0 Å². The third kappa shape index (κ3) is 5.77. The summed E-state index contributed by atoms with van der Waals surface area (Å²) >= 11 is 0. The lowest BCUT2D eigenvalue weighted by atomic mass is 10.1. The summed E-state index contributed by atoms with van der Waals surface area (Å²) < 4.78 is 52.1. The van der Waals surface area contributed by atoms with Crippen LogP contribution in [0, 0.1) is 0 Å². The van der Waals surface area contributed by atoms with Crippen LogP contribution in [-0.2, 0) is 19.7 Å². The Morgan fingerprint density at radius 1 is 0.677 bits per heavy atom. The zero-order chi connectivity index (χ0) is 22.3. The molecular weight excluding hydrogens is 432 g/mol. The maximum absolute atomic E-state index is 13.2. The summed E-state index contributed by atoms with van der Waals surface area (Å²) in [5.41, 5.74) is 0.528. The minimum Gasteiger partial charge on any atom is -0.294 e. The zero-order valence-electron chi connectivity index (χ0n) is 16.7. The third-order valence-corrected chi connectivity index (χ3v) is 8.43. The molecule has 0 aliphatic carbocycles. The van der Waals surface area contributed by atoms with Gasteiger partial charge in [-0.05, 0) is 30.7 Å². The molecule has 0 amide bonds. The van der Waals surface area contributed by atoms with Crippen LogP contribution in [0.1, 0.15) is 23.2 Å². The van der Waals surface area contributed by atoms with E-state index in [9.17, 15) is 21.6 Å². The molecule has 0 radical (unpaired) electrons. The summed E-state index contributed by atoms with van der Waals surface area (Å²) in [6.45, 7) is 0. The number of carbonyl (C=O) groups excluding carboxylic acids is 1. The summed E-state index contributed by atoms with van der Waals surface area (Å²) in [7, 11) is -7.92. The average molecular weight is 455 g/mol. The number of rotatable bonds is 9. The Labute approximate surface area is 182 Å². The first kappa shape index (κ1) is 22.7. The Morgan fingerprint density at radius 2 is 1.16 bits per heavy atom. The molecule has 7 heteroatoms. The zero-order valence-corrected chi connectivity index (χ0v) is 18.3. The van der Waals surface area contributed by atoms with Crippen LogP contribution in [0.4, 0.5) is 0 Å². The molecule has 0 fully saturated rings. The summed E-state index contributed by atoms with van der Waals surface area (Å²) in [6.07, 6.45) is 1.53. The van der Waals surface area contributed by atoms with Crippen LogP contribution in [0.15, 0.2) is 112 Å². The number of allylic oxidation sites excluding steroid dienone is 1. The van der Waals surface area contributed by atoms with E-state index in [-0.39, 0.29) is 33.3 Å². The van der Waals surface area contributed by atoms with E-state index >= 15 is 0 Å². The minimum atomic E-state index is -4.03. The monoisotopic (exact) mass is 454 g/mol. The molecule has 3 rings (SSSR count). The molecule has 3 aromatic carbocycles. The largest absolute Gasteiger partial charge is 0.294 e. The number of Topliss-reactive ketones (excluding diaryl/α,β-unsaturated/α-hetero) is 1. The SMILES string of the molecule is O=C(CC/C=C(\CS(=O)(=O)c1ccccc1)S(=O)(=O)c1ccccc1)c1ccccc1. The molecule has 0 saturated carbocycles. The third-order valence-electron chi connectivity index (χ3n) is 4.67. The van der Waals surface area contributed by atoms with Crippen LogP contribution in [-0.4, -0.2) is 28.4 Å². The van der Waals surface area contributed by atoms with Crippen LogP contribution < -0.4 is 0 Å². The lowest BCUT2D eigenvalue weighted by Gasteiger charge is -2.11. The second-order valence-corrected chi connectivity index (χ2v) is 10.9. The fraction of sp³-hybridized carbons (Fsp3) is 0.125. The number of sulfone groups is 2. The summed E-state index contributed by atoms with van der Waals surface area (Å²) in [5.74, 6) is -0.812. The first-order chi connectivity index (χ1) is 14.8. The van der Waals surface area contributed by atoms with Gasteiger partial charge < -0.3 is 0 Å². The molecule has 5 nitrogen and oxygen atoms in total. The van der Waals surface area contributed by atoms with Gasteiger partial charge in [-0.1, -0.05) is 72.8 Å². The molecule has 0 aliphatic rings. The Hall–Kier alpha value is -3.03. The summed E-state index contributed by atoms with van der Waals surface area (Å²) in [5, 5.41) is 0. The van der Waals surface area contributed by atoms with Crippen molar-refractivity contribution >= 4 is 25.5 Å². The lowest BCUT2D eigenvalue weighted by Crippen LogP contribution is -2.16. The number of hydrogen-bond donors (Lipinski definition) is 0. The number of ketones is 1. The molecule has 0 unspecified atom stereocenters. The number of benzene rings is 3. The highest BCUT2D eigenvalue weighted by molar-refractivity contribution is 7.98. The molecular formula is C24H22O5S2. The van der Waals surface area contributed by atoms with Gasteiger partial charge in [-0.25, -0.2) is 16.8 Å². The highest BCUT2D eigenvalue weighted by Gasteiger charge is 2.27. The molecule has 0 atom stereocenters. The van der Waals surface area contributed by atoms with Gasteiger partial charge in [0, 0.05) is 12.0 Å². The standard InChI is InChI=1S/C24H22O5S2/c25-24(20-11-4-1-5-12-20)18-10-17-23(31(28,29)22-15-8-3-9-16-22)19-30(26,27)21-13-6-2-7-14-21/h1-9,11-17H,10,18-19H2/b23-17+. The fourth-order valence-corrected chi connectivity index (χ4v) is 6.50. The van der Waals surface area contributed by atoms with Crippen LogP contribution in [0.3, 0.4) is 0 Å².